The third-order valence-corrected chi connectivity index (χ3v) is 5.48. The zero-order chi connectivity index (χ0) is 26.8. The van der Waals surface area contributed by atoms with Crippen molar-refractivity contribution in [2.75, 3.05) is 28.4 Å². The van der Waals surface area contributed by atoms with Crippen molar-refractivity contribution in [3.05, 3.63) is 33.8 Å². The summed E-state index contributed by atoms with van der Waals surface area (Å²) in [4.78, 5) is 24.3. The number of hydrogen-bond donors (Lipinski definition) is 2. The maximum absolute atomic E-state index is 12.3. The van der Waals surface area contributed by atoms with E-state index in [1.54, 1.807) is 13.8 Å². The molecule has 2 rings (SSSR count). The number of rotatable bonds is 4. The summed E-state index contributed by atoms with van der Waals surface area (Å²) in [6.45, 7) is 14.9. The fourth-order valence-corrected chi connectivity index (χ4v) is 4.14. The first kappa shape index (κ1) is 28.9. The maximum Gasteiger partial charge on any atom is 0.228 e. The number of hydrogen-bond acceptors (Lipinski definition) is 8. The third-order valence-electron chi connectivity index (χ3n) is 5.48. The highest BCUT2D eigenvalue weighted by molar-refractivity contribution is 6.23. The average Bonchev–Trinajstić information content (AvgIpc) is 2.71. The van der Waals surface area contributed by atoms with E-state index in [1.165, 1.54) is 28.4 Å². The predicted octanol–water partition coefficient (Wildman–Crippen LogP) is 4.73. The third kappa shape index (κ3) is 5.32. The Morgan fingerprint density at radius 3 is 1.38 bits per heavy atom. The summed E-state index contributed by atoms with van der Waals surface area (Å²) in [6, 6.07) is 0. The van der Waals surface area contributed by atoms with Gasteiger partial charge in [0, 0.05) is 22.3 Å². The Bertz CT molecular complexity index is 1030. The van der Waals surface area contributed by atoms with Gasteiger partial charge in [0.2, 0.25) is 34.6 Å². The molecule has 0 atom stereocenters. The van der Waals surface area contributed by atoms with Crippen molar-refractivity contribution in [1.82, 2.24) is 0 Å². The molecule has 0 heterocycles. The number of carbonyl (C=O) groups is 2. The molecular formula is C26H38O8. The van der Waals surface area contributed by atoms with Crippen LogP contribution in [0.3, 0.4) is 0 Å². The van der Waals surface area contributed by atoms with Gasteiger partial charge in [0.05, 0.1) is 28.4 Å². The highest BCUT2D eigenvalue weighted by atomic mass is 16.5. The highest BCUT2D eigenvalue weighted by Gasteiger charge is 2.39. The lowest BCUT2D eigenvalue weighted by atomic mass is 9.77. The molecule has 0 unspecified atom stereocenters. The van der Waals surface area contributed by atoms with E-state index < -0.39 is 5.41 Å². The molecule has 0 aromatic heterocycles. The first-order valence-corrected chi connectivity index (χ1v) is 10.8. The monoisotopic (exact) mass is 478 g/mol. The number of methoxy groups -OCH3 is 4. The van der Waals surface area contributed by atoms with E-state index in [0.717, 1.165) is 0 Å². The van der Waals surface area contributed by atoms with Gasteiger partial charge in [-0.25, -0.2) is 0 Å². The van der Waals surface area contributed by atoms with E-state index in [0.29, 0.717) is 22.3 Å². The minimum atomic E-state index is -0.403. The lowest BCUT2D eigenvalue weighted by Gasteiger charge is -2.28. The number of phenolic OH excluding ortho intramolecular Hbond substituents is 2. The molecule has 1 aromatic rings. The van der Waals surface area contributed by atoms with Crippen LogP contribution in [0.4, 0.5) is 0 Å². The van der Waals surface area contributed by atoms with Crippen molar-refractivity contribution in [2.24, 2.45) is 5.41 Å². The van der Waals surface area contributed by atoms with Crippen LogP contribution in [0.1, 0.15) is 59.6 Å². The van der Waals surface area contributed by atoms with Gasteiger partial charge in [-0.15, -0.1) is 0 Å². The summed E-state index contributed by atoms with van der Waals surface area (Å²) in [6.07, 6.45) is 0. The van der Waals surface area contributed by atoms with Gasteiger partial charge < -0.3 is 29.2 Å². The van der Waals surface area contributed by atoms with E-state index in [4.69, 9.17) is 18.9 Å². The minimum Gasteiger partial charge on any atom is -0.504 e. The van der Waals surface area contributed by atoms with Gasteiger partial charge in [0.15, 0.2) is 11.5 Å². The Balaban J connectivity index is 0.000000340. The van der Waals surface area contributed by atoms with E-state index in [-0.39, 0.29) is 51.5 Å². The fraction of sp³-hybridized carbons (Fsp3) is 0.538. The molecule has 34 heavy (non-hydrogen) atoms. The summed E-state index contributed by atoms with van der Waals surface area (Å²) in [5.41, 5.74) is 1.48. The Morgan fingerprint density at radius 2 is 1.03 bits per heavy atom. The number of ketones is 2. The number of allylic oxidation sites excluding steroid dienone is 2. The standard InChI is InChI=1S/C13H20O4.C13H18O4/c2*1-7-8(13(2,3)4)10(15)12(17-6)11(16-5)9(7)14/h14-15H,1-6H3;1-6H3. The van der Waals surface area contributed by atoms with Crippen LogP contribution in [-0.2, 0) is 24.5 Å². The predicted molar refractivity (Wildman–Crippen MR) is 130 cm³/mol. The van der Waals surface area contributed by atoms with Crippen LogP contribution in [-0.4, -0.2) is 50.2 Å². The number of aromatic hydroxyl groups is 2. The molecule has 0 saturated heterocycles. The average molecular weight is 479 g/mol. The second-order valence-corrected chi connectivity index (χ2v) is 9.99. The van der Waals surface area contributed by atoms with Crippen LogP contribution in [0.15, 0.2) is 22.7 Å². The van der Waals surface area contributed by atoms with Crippen molar-refractivity contribution in [3.8, 4) is 23.0 Å². The minimum absolute atomic E-state index is 0.00646. The van der Waals surface area contributed by atoms with E-state index in [1.807, 2.05) is 41.5 Å². The molecule has 190 valence electrons. The molecular weight excluding hydrogens is 440 g/mol. The molecule has 0 saturated carbocycles. The maximum atomic E-state index is 12.3. The molecule has 0 fully saturated rings. The highest BCUT2D eigenvalue weighted by Crippen LogP contribution is 2.51. The van der Waals surface area contributed by atoms with Gasteiger partial charge >= 0.3 is 0 Å². The fourth-order valence-electron chi connectivity index (χ4n) is 4.14. The largest absolute Gasteiger partial charge is 0.504 e. The van der Waals surface area contributed by atoms with Gasteiger partial charge in [-0.2, -0.15) is 0 Å². The number of phenols is 2. The molecule has 0 radical (unpaired) electrons. The Kier molecular flexibility index (Phi) is 8.84. The summed E-state index contributed by atoms with van der Waals surface area (Å²) in [7, 11) is 5.57. The van der Waals surface area contributed by atoms with Crippen LogP contribution in [0.2, 0.25) is 0 Å². The second kappa shape index (κ2) is 10.4. The first-order chi connectivity index (χ1) is 15.5. The summed E-state index contributed by atoms with van der Waals surface area (Å²) in [5.74, 6) is -0.214. The van der Waals surface area contributed by atoms with Crippen LogP contribution in [0, 0.1) is 12.3 Å². The Hall–Kier alpha value is -3.16. The van der Waals surface area contributed by atoms with Crippen LogP contribution in [0.5, 0.6) is 23.0 Å². The molecule has 1 aliphatic rings. The lowest BCUT2D eigenvalue weighted by molar-refractivity contribution is -0.121. The van der Waals surface area contributed by atoms with Crippen molar-refractivity contribution in [2.45, 2.75) is 60.8 Å². The second-order valence-electron chi connectivity index (χ2n) is 9.99. The molecule has 1 aromatic carbocycles. The zero-order valence-electron chi connectivity index (χ0n) is 22.3. The number of carbonyl (C=O) groups excluding carboxylic acids is 2. The van der Waals surface area contributed by atoms with Crippen molar-refractivity contribution < 1.29 is 38.7 Å². The summed E-state index contributed by atoms with van der Waals surface area (Å²) < 4.78 is 20.1. The number of Topliss-reactive ketones (excluding diaryl/α,β-unsaturated/α-hetero) is 2. The SMILES string of the molecule is COC1=C(OC)C(=O)C(C(C)(C)C)=C(C)C1=O.COc1c(O)c(C)c(C(C)(C)C)c(O)c1OC. The molecule has 0 aliphatic heterocycles. The normalized spacial score (nSPS) is 14.6. The molecule has 1 aliphatic carbocycles. The molecule has 0 spiro atoms. The number of ether oxygens (including phenoxy) is 4. The van der Waals surface area contributed by atoms with Gasteiger partial charge in [-0.05, 0) is 24.7 Å². The van der Waals surface area contributed by atoms with E-state index in [9.17, 15) is 19.8 Å². The van der Waals surface area contributed by atoms with Crippen LogP contribution >= 0.6 is 0 Å². The molecule has 8 heteroatoms. The Morgan fingerprint density at radius 1 is 0.618 bits per heavy atom. The lowest BCUT2D eigenvalue weighted by Crippen LogP contribution is -2.30. The molecule has 2 N–H and O–H groups in total. The molecule has 8 nitrogen and oxygen atoms in total. The van der Waals surface area contributed by atoms with Gasteiger partial charge in [0.25, 0.3) is 0 Å². The summed E-state index contributed by atoms with van der Waals surface area (Å²) >= 11 is 0. The zero-order valence-corrected chi connectivity index (χ0v) is 22.3. The van der Waals surface area contributed by atoms with Crippen molar-refractivity contribution in [3.63, 3.8) is 0 Å². The van der Waals surface area contributed by atoms with Crippen LogP contribution < -0.4 is 9.47 Å². The number of benzene rings is 1. The van der Waals surface area contributed by atoms with Gasteiger partial charge in [0.1, 0.15) is 0 Å². The van der Waals surface area contributed by atoms with Crippen molar-refractivity contribution >= 4 is 11.6 Å². The van der Waals surface area contributed by atoms with Gasteiger partial charge in [-0.3, -0.25) is 9.59 Å². The summed E-state index contributed by atoms with van der Waals surface area (Å²) in [5, 5.41) is 20.3. The molecule has 0 bridgehead atoms. The Labute approximate surface area is 202 Å². The smallest absolute Gasteiger partial charge is 0.228 e. The van der Waals surface area contributed by atoms with Crippen LogP contribution in [0.25, 0.3) is 0 Å². The molecule has 0 amide bonds. The van der Waals surface area contributed by atoms with E-state index in [2.05, 4.69) is 0 Å². The van der Waals surface area contributed by atoms with Gasteiger partial charge in [-0.1, -0.05) is 41.5 Å². The topological polar surface area (TPSA) is 112 Å². The first-order valence-electron chi connectivity index (χ1n) is 10.8. The quantitative estimate of drug-likeness (QED) is 0.472. The van der Waals surface area contributed by atoms with Crippen molar-refractivity contribution in [1.29, 1.82) is 0 Å². The van der Waals surface area contributed by atoms with E-state index >= 15 is 0 Å².